The Kier molecular flexibility index (Phi) is 9.99. The minimum atomic E-state index is 0. The SMILES string of the molecule is CC(C)COc1ccc(CN=C(N)NCCc2ccccc2)cc1.I. The molecule has 2 rings (SSSR count). The number of nitrogens with two attached hydrogens (primary N) is 1. The van der Waals surface area contributed by atoms with Crippen LogP contribution in [-0.2, 0) is 13.0 Å². The maximum absolute atomic E-state index is 5.91. The number of guanidine groups is 1. The van der Waals surface area contributed by atoms with Gasteiger partial charge < -0.3 is 15.8 Å². The molecule has 2 aromatic carbocycles. The number of nitrogens with zero attached hydrogens (tertiary/aromatic N) is 1. The van der Waals surface area contributed by atoms with Crippen LogP contribution in [0.5, 0.6) is 5.75 Å². The number of benzene rings is 2. The van der Waals surface area contributed by atoms with E-state index in [9.17, 15) is 0 Å². The summed E-state index contributed by atoms with van der Waals surface area (Å²) in [6.45, 7) is 6.35. The summed E-state index contributed by atoms with van der Waals surface area (Å²) in [5.74, 6) is 1.90. The van der Waals surface area contributed by atoms with Crippen LogP contribution in [-0.4, -0.2) is 19.1 Å². The van der Waals surface area contributed by atoms with Crippen LogP contribution < -0.4 is 15.8 Å². The average molecular weight is 453 g/mol. The molecule has 0 aliphatic carbocycles. The first-order valence-electron chi connectivity index (χ1n) is 8.43. The van der Waals surface area contributed by atoms with E-state index < -0.39 is 0 Å². The monoisotopic (exact) mass is 453 g/mol. The third-order valence-corrected chi connectivity index (χ3v) is 3.50. The van der Waals surface area contributed by atoms with E-state index in [1.54, 1.807) is 0 Å². The molecule has 3 N–H and O–H groups in total. The molecule has 0 spiro atoms. The molecular formula is C20H28IN3O. The van der Waals surface area contributed by atoms with E-state index in [1.807, 2.05) is 42.5 Å². The van der Waals surface area contributed by atoms with Gasteiger partial charge in [-0.2, -0.15) is 0 Å². The van der Waals surface area contributed by atoms with Gasteiger partial charge in [0.2, 0.25) is 0 Å². The molecule has 0 aromatic heterocycles. The van der Waals surface area contributed by atoms with E-state index in [0.29, 0.717) is 18.4 Å². The third-order valence-electron chi connectivity index (χ3n) is 3.50. The zero-order valence-corrected chi connectivity index (χ0v) is 17.3. The zero-order chi connectivity index (χ0) is 17.2. The van der Waals surface area contributed by atoms with Gasteiger partial charge >= 0.3 is 0 Å². The fraction of sp³-hybridized carbons (Fsp3) is 0.350. The Labute approximate surface area is 167 Å². The summed E-state index contributed by atoms with van der Waals surface area (Å²) < 4.78 is 5.67. The van der Waals surface area contributed by atoms with E-state index in [4.69, 9.17) is 10.5 Å². The highest BCUT2D eigenvalue weighted by molar-refractivity contribution is 14.0. The van der Waals surface area contributed by atoms with E-state index in [2.05, 4.69) is 36.3 Å². The van der Waals surface area contributed by atoms with Gasteiger partial charge in [-0.1, -0.05) is 56.3 Å². The molecule has 0 atom stereocenters. The van der Waals surface area contributed by atoms with Gasteiger partial charge in [0, 0.05) is 6.54 Å². The van der Waals surface area contributed by atoms with Crippen molar-refractivity contribution in [2.75, 3.05) is 13.2 Å². The predicted octanol–water partition coefficient (Wildman–Crippen LogP) is 3.99. The minimum Gasteiger partial charge on any atom is -0.493 e. The topological polar surface area (TPSA) is 59.6 Å². The summed E-state index contributed by atoms with van der Waals surface area (Å²) in [6, 6.07) is 18.3. The van der Waals surface area contributed by atoms with Crippen molar-refractivity contribution in [1.82, 2.24) is 5.32 Å². The highest BCUT2D eigenvalue weighted by Gasteiger charge is 1.98. The van der Waals surface area contributed by atoms with Crippen molar-refractivity contribution in [1.29, 1.82) is 0 Å². The quantitative estimate of drug-likeness (QED) is 0.361. The highest BCUT2D eigenvalue weighted by atomic mass is 127. The molecule has 0 amide bonds. The minimum absolute atomic E-state index is 0. The second-order valence-electron chi connectivity index (χ2n) is 6.21. The van der Waals surface area contributed by atoms with Gasteiger partial charge in [-0.3, -0.25) is 0 Å². The average Bonchev–Trinajstić information content (AvgIpc) is 2.60. The second kappa shape index (κ2) is 11.7. The summed E-state index contributed by atoms with van der Waals surface area (Å²) in [7, 11) is 0. The van der Waals surface area contributed by atoms with Crippen molar-refractivity contribution in [2.45, 2.75) is 26.8 Å². The van der Waals surface area contributed by atoms with Crippen LogP contribution >= 0.6 is 24.0 Å². The van der Waals surface area contributed by atoms with Crippen LogP contribution in [0.1, 0.15) is 25.0 Å². The van der Waals surface area contributed by atoms with Gasteiger partial charge in [-0.05, 0) is 35.6 Å². The first-order valence-corrected chi connectivity index (χ1v) is 8.43. The Morgan fingerprint density at radius 2 is 1.72 bits per heavy atom. The van der Waals surface area contributed by atoms with Gasteiger partial charge in [0.1, 0.15) is 5.75 Å². The number of aliphatic imine (C=N–C) groups is 1. The van der Waals surface area contributed by atoms with Crippen molar-refractivity contribution >= 4 is 29.9 Å². The Balaban J connectivity index is 0.00000312. The van der Waals surface area contributed by atoms with Crippen LogP contribution in [0, 0.1) is 5.92 Å². The van der Waals surface area contributed by atoms with Crippen molar-refractivity contribution in [3.05, 3.63) is 65.7 Å². The summed E-state index contributed by atoms with van der Waals surface area (Å²) in [6.07, 6.45) is 0.930. The fourth-order valence-corrected chi connectivity index (χ4v) is 2.17. The lowest BCUT2D eigenvalue weighted by Crippen LogP contribution is -2.33. The lowest BCUT2D eigenvalue weighted by Gasteiger charge is -2.09. The Hall–Kier alpha value is -1.76. The molecule has 0 radical (unpaired) electrons. The molecule has 4 nitrogen and oxygen atoms in total. The molecule has 0 aliphatic rings. The Morgan fingerprint density at radius 1 is 1.04 bits per heavy atom. The highest BCUT2D eigenvalue weighted by Crippen LogP contribution is 2.13. The van der Waals surface area contributed by atoms with E-state index in [0.717, 1.165) is 30.9 Å². The summed E-state index contributed by atoms with van der Waals surface area (Å²) >= 11 is 0. The van der Waals surface area contributed by atoms with E-state index >= 15 is 0 Å². The van der Waals surface area contributed by atoms with Crippen molar-refractivity contribution in [3.8, 4) is 5.75 Å². The lowest BCUT2D eigenvalue weighted by molar-refractivity contribution is 0.271. The summed E-state index contributed by atoms with van der Waals surface area (Å²) in [4.78, 5) is 4.37. The zero-order valence-electron chi connectivity index (χ0n) is 14.9. The summed E-state index contributed by atoms with van der Waals surface area (Å²) in [5, 5.41) is 3.15. The summed E-state index contributed by atoms with van der Waals surface area (Å²) in [5.41, 5.74) is 8.31. The largest absolute Gasteiger partial charge is 0.493 e. The van der Waals surface area contributed by atoms with Gasteiger partial charge in [-0.25, -0.2) is 4.99 Å². The predicted molar refractivity (Wildman–Crippen MR) is 116 cm³/mol. The van der Waals surface area contributed by atoms with Gasteiger partial charge in [0.15, 0.2) is 5.96 Å². The number of nitrogens with one attached hydrogen (secondary N) is 1. The Bertz CT molecular complexity index is 627. The molecule has 5 heteroatoms. The molecule has 0 bridgehead atoms. The second-order valence-corrected chi connectivity index (χ2v) is 6.21. The van der Waals surface area contributed by atoms with Gasteiger partial charge in [0.05, 0.1) is 13.2 Å². The first-order chi connectivity index (χ1) is 11.6. The molecule has 0 heterocycles. The third kappa shape index (κ3) is 8.77. The maximum atomic E-state index is 5.91. The molecule has 0 saturated heterocycles. The first kappa shape index (κ1) is 21.3. The lowest BCUT2D eigenvalue weighted by atomic mass is 10.1. The van der Waals surface area contributed by atoms with Crippen LogP contribution in [0.25, 0.3) is 0 Å². The molecule has 0 fully saturated rings. The van der Waals surface area contributed by atoms with Gasteiger partial charge in [0.25, 0.3) is 0 Å². The number of hydrogen-bond acceptors (Lipinski definition) is 2. The molecular weight excluding hydrogens is 425 g/mol. The number of rotatable bonds is 8. The molecule has 0 unspecified atom stereocenters. The van der Waals surface area contributed by atoms with Crippen LogP contribution in [0.2, 0.25) is 0 Å². The molecule has 25 heavy (non-hydrogen) atoms. The Morgan fingerprint density at radius 3 is 2.36 bits per heavy atom. The number of halogens is 1. The number of ether oxygens (including phenoxy) is 1. The van der Waals surface area contributed by atoms with Crippen molar-refractivity contribution in [3.63, 3.8) is 0 Å². The van der Waals surface area contributed by atoms with E-state index in [1.165, 1.54) is 5.56 Å². The maximum Gasteiger partial charge on any atom is 0.188 e. The molecule has 0 saturated carbocycles. The fourth-order valence-electron chi connectivity index (χ4n) is 2.17. The van der Waals surface area contributed by atoms with E-state index in [-0.39, 0.29) is 24.0 Å². The standard InChI is InChI=1S/C20H27N3O.HI/c1-16(2)15-24-19-10-8-18(9-11-19)14-23-20(21)22-13-12-17-6-4-3-5-7-17;/h3-11,16H,12-15H2,1-2H3,(H3,21,22,23);1H. The van der Waals surface area contributed by atoms with Gasteiger partial charge in [-0.15, -0.1) is 24.0 Å². The van der Waals surface area contributed by atoms with Crippen LogP contribution in [0.15, 0.2) is 59.6 Å². The molecule has 136 valence electrons. The van der Waals surface area contributed by atoms with Crippen LogP contribution in [0.3, 0.4) is 0 Å². The number of hydrogen-bond donors (Lipinski definition) is 2. The normalized spacial score (nSPS) is 11.1. The van der Waals surface area contributed by atoms with Crippen molar-refractivity contribution < 1.29 is 4.74 Å². The molecule has 0 aliphatic heterocycles. The molecule has 2 aromatic rings. The smallest absolute Gasteiger partial charge is 0.188 e. The van der Waals surface area contributed by atoms with Crippen LogP contribution in [0.4, 0.5) is 0 Å². The van der Waals surface area contributed by atoms with Crippen molar-refractivity contribution in [2.24, 2.45) is 16.6 Å².